The van der Waals surface area contributed by atoms with Gasteiger partial charge >= 0.3 is 11.9 Å². The van der Waals surface area contributed by atoms with Crippen molar-refractivity contribution in [3.63, 3.8) is 0 Å². The van der Waals surface area contributed by atoms with Gasteiger partial charge in [-0.25, -0.2) is 0 Å². The largest absolute Gasteiger partial charge is 0.508 e. The van der Waals surface area contributed by atoms with Crippen LogP contribution in [0.2, 0.25) is 0 Å². The van der Waals surface area contributed by atoms with Crippen molar-refractivity contribution in [2.24, 2.45) is 45.3 Å². The molecule has 2 spiro atoms. The highest BCUT2D eigenvalue weighted by Gasteiger charge is 2.71. The maximum absolute atomic E-state index is 14.8. The summed E-state index contributed by atoms with van der Waals surface area (Å²) in [5.41, 5.74) is 0.818. The van der Waals surface area contributed by atoms with E-state index < -0.39 is 58.5 Å². The Balaban J connectivity index is 1.00. The topological polar surface area (TPSA) is 161 Å². The molecule has 1 amide bonds. The van der Waals surface area contributed by atoms with E-state index in [0.717, 1.165) is 48.8 Å². The van der Waals surface area contributed by atoms with Gasteiger partial charge in [0.05, 0.1) is 24.8 Å². The Bertz CT molecular complexity index is 2300. The number of carbonyl (C=O) groups is 3. The van der Waals surface area contributed by atoms with Gasteiger partial charge in [0, 0.05) is 65.2 Å². The lowest BCUT2D eigenvalue weighted by Crippen LogP contribution is -2.70. The number of aliphatic hydroxyl groups is 1. The number of rotatable bonds is 3. The predicted molar refractivity (Wildman–Crippen MR) is 226 cm³/mol. The number of ether oxygens (including phenoxy) is 5. The van der Waals surface area contributed by atoms with Gasteiger partial charge in [0.2, 0.25) is 0 Å². The number of nitrogens with zero attached hydrogens (tertiary/aromatic N) is 1. The number of fused-ring (bicyclic) bond motifs is 10. The molecule has 0 radical (unpaired) electrons. The molecular weight excluding hydrogens is 791 g/mol. The van der Waals surface area contributed by atoms with Crippen molar-refractivity contribution in [1.29, 1.82) is 0 Å². The molecule has 12 heteroatoms. The summed E-state index contributed by atoms with van der Waals surface area (Å²) >= 11 is 0. The molecule has 4 aliphatic carbocycles. The normalized spacial score (nSPS) is 40.4. The Hall–Kier alpha value is -4.03. The van der Waals surface area contributed by atoms with E-state index in [9.17, 15) is 29.7 Å². The van der Waals surface area contributed by atoms with Gasteiger partial charge in [-0.15, -0.1) is 0 Å². The predicted octanol–water partition coefficient (Wildman–Crippen LogP) is 8.21. The summed E-state index contributed by atoms with van der Waals surface area (Å²) < 4.78 is 33.3. The number of esters is 2. The summed E-state index contributed by atoms with van der Waals surface area (Å²) in [5, 5.41) is 34.7. The highest BCUT2D eigenvalue weighted by Crippen LogP contribution is 2.70. The molecule has 0 bridgehead atoms. The van der Waals surface area contributed by atoms with Crippen LogP contribution >= 0.6 is 0 Å². The summed E-state index contributed by atoms with van der Waals surface area (Å²) in [6.45, 7) is 20.7. The Morgan fingerprint density at radius 2 is 1.34 bits per heavy atom. The summed E-state index contributed by atoms with van der Waals surface area (Å²) in [6, 6.07) is 3.37. The lowest BCUT2D eigenvalue weighted by Gasteiger charge is -2.65. The van der Waals surface area contributed by atoms with E-state index in [1.54, 1.807) is 17.0 Å². The molecule has 8 aliphatic rings. The van der Waals surface area contributed by atoms with Crippen LogP contribution in [-0.2, 0) is 49.8 Å². The number of amides is 1. The molecule has 2 aromatic rings. The Labute approximate surface area is 365 Å². The van der Waals surface area contributed by atoms with Gasteiger partial charge in [0.25, 0.3) is 5.91 Å². The number of phenolic OH excluding ortho intramolecular Hbond substituents is 2. The maximum Gasteiger partial charge on any atom is 0.303 e. The first-order chi connectivity index (χ1) is 29.0. The molecule has 12 nitrogen and oxygen atoms in total. The van der Waals surface area contributed by atoms with Gasteiger partial charge in [0.15, 0.2) is 6.23 Å². The van der Waals surface area contributed by atoms with E-state index in [1.165, 1.54) is 13.8 Å². The minimum absolute atomic E-state index is 0.00403. The maximum atomic E-state index is 14.8. The molecule has 0 saturated heterocycles. The van der Waals surface area contributed by atoms with Crippen molar-refractivity contribution < 1.29 is 53.4 Å². The van der Waals surface area contributed by atoms with E-state index in [4.69, 9.17) is 23.7 Å². The molecule has 10 rings (SSSR count). The standard InChI is InChI=1S/C50H65NO11/c1-24-11-13-36-45(5,6)38(56)15-16-47(36,9)49(24)20-31-33(54)17-28-23-58-44(39(28)41(31)62-49)51-22-32-29(43(51)57)18-34(55)30-19-50(61-40(30)32)25(2)12-14-37-46(7,8)42(60-27(4)53)35(59-26(3)52)21-48(37,50)10/h17-18,24-25,35-38,42,44,54-56H,11-16,19-23H2,1-10H3/t24-,25-,35-,36+,37+,38-,42-,44+,47+,48+,49-,50-/m1/s1. The van der Waals surface area contributed by atoms with E-state index in [0.29, 0.717) is 53.9 Å². The van der Waals surface area contributed by atoms with Crippen LogP contribution in [0.25, 0.3) is 0 Å². The van der Waals surface area contributed by atoms with Gasteiger partial charge in [-0.1, -0.05) is 55.4 Å². The minimum Gasteiger partial charge on any atom is -0.508 e. The molecule has 12 atom stereocenters. The number of hydrogen-bond acceptors (Lipinski definition) is 11. The van der Waals surface area contributed by atoms with Crippen LogP contribution in [-0.4, -0.2) is 67.6 Å². The van der Waals surface area contributed by atoms with Crippen molar-refractivity contribution >= 4 is 17.8 Å². The Morgan fingerprint density at radius 1 is 0.758 bits per heavy atom. The van der Waals surface area contributed by atoms with E-state index >= 15 is 0 Å². The van der Waals surface area contributed by atoms with Crippen LogP contribution in [0.3, 0.4) is 0 Å². The lowest BCUT2D eigenvalue weighted by molar-refractivity contribution is -0.251. The summed E-state index contributed by atoms with van der Waals surface area (Å²) in [7, 11) is 0. The van der Waals surface area contributed by atoms with Crippen LogP contribution in [0.15, 0.2) is 12.1 Å². The van der Waals surface area contributed by atoms with Crippen molar-refractivity contribution in [3.05, 3.63) is 45.5 Å². The fourth-order valence-corrected chi connectivity index (χ4v) is 15.7. The van der Waals surface area contributed by atoms with E-state index in [2.05, 4.69) is 55.4 Å². The third kappa shape index (κ3) is 5.22. The number of carbonyl (C=O) groups excluding carboxylic acids is 3. The smallest absolute Gasteiger partial charge is 0.303 e. The molecule has 62 heavy (non-hydrogen) atoms. The monoisotopic (exact) mass is 855 g/mol. The first-order valence-electron chi connectivity index (χ1n) is 23.1. The lowest BCUT2D eigenvalue weighted by atomic mass is 9.43. The zero-order valence-corrected chi connectivity index (χ0v) is 38.1. The average Bonchev–Trinajstić information content (AvgIpc) is 3.97. The van der Waals surface area contributed by atoms with Crippen molar-refractivity contribution in [1.82, 2.24) is 4.90 Å². The van der Waals surface area contributed by atoms with Gasteiger partial charge in [0.1, 0.15) is 46.4 Å². The van der Waals surface area contributed by atoms with Crippen molar-refractivity contribution in [2.75, 3.05) is 0 Å². The van der Waals surface area contributed by atoms with Crippen LogP contribution in [0.4, 0.5) is 0 Å². The number of aromatic hydroxyl groups is 2. The molecule has 336 valence electrons. The van der Waals surface area contributed by atoms with Crippen LogP contribution in [0, 0.1) is 45.3 Å². The van der Waals surface area contributed by atoms with Gasteiger partial charge < -0.3 is 43.9 Å². The quantitative estimate of drug-likeness (QED) is 0.255. The van der Waals surface area contributed by atoms with Gasteiger partial charge in [-0.05, 0) is 91.7 Å². The van der Waals surface area contributed by atoms with Crippen LogP contribution < -0.4 is 9.47 Å². The highest BCUT2D eigenvalue weighted by atomic mass is 16.6. The third-order valence-corrected chi connectivity index (χ3v) is 18.9. The SMILES string of the molecule is CC(=O)O[C@@H]1[C@H](OC(C)=O)C[C@@]2(C)[C@@H](CC[C@@H](C)[C@]23Cc2c(O)cc4c(c2O3)CN([C@H]2OCc3cc(O)c5c(c32)O[C@]2(C5)[C@H](C)CC[C@H]3C(C)(C)[C@H](O)CC[C@@]32C)C4=O)C1(C)C. The minimum atomic E-state index is -0.830. The number of hydrogen-bond donors (Lipinski definition) is 3. The zero-order valence-electron chi connectivity index (χ0n) is 38.1. The summed E-state index contributed by atoms with van der Waals surface area (Å²) in [4.78, 5) is 41.5. The second-order valence-corrected chi connectivity index (χ2v) is 22.4. The van der Waals surface area contributed by atoms with E-state index in [1.807, 2.05) is 0 Å². The molecule has 2 aromatic carbocycles. The van der Waals surface area contributed by atoms with Crippen molar-refractivity contribution in [2.45, 2.75) is 176 Å². The van der Waals surface area contributed by atoms with Crippen molar-refractivity contribution in [3.8, 4) is 23.0 Å². The fraction of sp³-hybridized carbons (Fsp3) is 0.700. The molecular formula is C50H65NO11. The fourth-order valence-electron chi connectivity index (χ4n) is 15.7. The molecule has 4 fully saturated rings. The molecule has 4 aliphatic heterocycles. The molecule has 4 heterocycles. The average molecular weight is 856 g/mol. The second kappa shape index (κ2) is 13.3. The number of benzene rings is 2. The summed E-state index contributed by atoms with van der Waals surface area (Å²) in [5.74, 6) is 0.590. The first kappa shape index (κ1) is 42.0. The summed E-state index contributed by atoms with van der Waals surface area (Å²) in [6.07, 6.45) is 3.91. The van der Waals surface area contributed by atoms with Crippen LogP contribution in [0.5, 0.6) is 23.0 Å². The highest BCUT2D eigenvalue weighted by molar-refractivity contribution is 6.00. The van der Waals surface area contributed by atoms with Gasteiger partial charge in [-0.2, -0.15) is 0 Å². The van der Waals surface area contributed by atoms with E-state index in [-0.39, 0.29) is 65.1 Å². The Morgan fingerprint density at radius 3 is 1.98 bits per heavy atom. The Kier molecular flexibility index (Phi) is 8.98. The number of aliphatic hydroxyl groups excluding tert-OH is 1. The second-order valence-electron chi connectivity index (χ2n) is 22.4. The molecule has 0 aromatic heterocycles. The zero-order chi connectivity index (χ0) is 44.4. The van der Waals surface area contributed by atoms with Gasteiger partial charge in [-0.3, -0.25) is 14.4 Å². The number of phenols is 2. The first-order valence-corrected chi connectivity index (χ1v) is 23.1. The molecule has 4 saturated carbocycles. The third-order valence-electron chi connectivity index (χ3n) is 18.9. The molecule has 0 unspecified atom stereocenters. The van der Waals surface area contributed by atoms with Crippen LogP contribution in [0.1, 0.15) is 159 Å². The molecule has 3 N–H and O–H groups in total.